The van der Waals surface area contributed by atoms with Crippen molar-refractivity contribution in [2.45, 2.75) is 45.2 Å². The summed E-state index contributed by atoms with van der Waals surface area (Å²) in [5.74, 6) is -1.21. The Hall–Kier alpha value is -1.96. The maximum atomic E-state index is 12.3. The van der Waals surface area contributed by atoms with Crippen molar-refractivity contribution < 1.29 is 18.0 Å². The van der Waals surface area contributed by atoms with Crippen molar-refractivity contribution in [3.8, 4) is 0 Å². The van der Waals surface area contributed by atoms with Crippen molar-refractivity contribution in [3.63, 3.8) is 0 Å². The van der Waals surface area contributed by atoms with Crippen LogP contribution in [-0.4, -0.2) is 37.0 Å². The van der Waals surface area contributed by atoms with Gasteiger partial charge in [-0.2, -0.15) is 0 Å². The number of hydrogen-bond donors (Lipinski definition) is 2. The Bertz CT molecular complexity index is 699. The third-order valence-electron chi connectivity index (χ3n) is 3.18. The number of hydrogen-bond acceptors (Lipinski definition) is 5. The van der Waals surface area contributed by atoms with Gasteiger partial charge < -0.3 is 11.1 Å². The summed E-state index contributed by atoms with van der Waals surface area (Å²) < 4.78 is 24.5. The van der Waals surface area contributed by atoms with Gasteiger partial charge in [0.2, 0.25) is 5.91 Å². The van der Waals surface area contributed by atoms with Gasteiger partial charge in [0.05, 0.1) is 5.75 Å². The van der Waals surface area contributed by atoms with E-state index in [2.05, 4.69) is 10.3 Å². The van der Waals surface area contributed by atoms with Gasteiger partial charge in [-0.25, -0.2) is 13.4 Å². The monoisotopic (exact) mass is 355 g/mol. The summed E-state index contributed by atoms with van der Waals surface area (Å²) in [5.41, 5.74) is 5.24. The molecule has 1 unspecified atom stereocenters. The van der Waals surface area contributed by atoms with E-state index < -0.39 is 27.7 Å². The van der Waals surface area contributed by atoms with Crippen LogP contribution in [0.3, 0.4) is 0 Å². The molecule has 0 radical (unpaired) electrons. The summed E-state index contributed by atoms with van der Waals surface area (Å²) >= 11 is 0. The van der Waals surface area contributed by atoms with Crippen molar-refractivity contribution in [3.05, 3.63) is 23.9 Å². The summed E-state index contributed by atoms with van der Waals surface area (Å²) in [6, 6.07) is 3.39. The molecule has 0 fully saturated rings. The molecule has 0 aliphatic carbocycles. The van der Waals surface area contributed by atoms with Crippen LogP contribution in [0.4, 0.5) is 0 Å². The summed E-state index contributed by atoms with van der Waals surface area (Å²) in [6.45, 7) is 7.38. The SMILES string of the molecule is CC(C)CC(NC(=O)c1cccc(S(=O)(=O)CC(C)C)n1)C(N)=O. The highest BCUT2D eigenvalue weighted by Crippen LogP contribution is 2.13. The highest BCUT2D eigenvalue weighted by Gasteiger charge is 2.23. The molecule has 0 aliphatic heterocycles. The Morgan fingerprint density at radius 2 is 1.79 bits per heavy atom. The first kappa shape index (κ1) is 20.1. The topological polar surface area (TPSA) is 119 Å². The van der Waals surface area contributed by atoms with E-state index in [4.69, 9.17) is 5.73 Å². The molecule has 1 aromatic heterocycles. The maximum absolute atomic E-state index is 12.3. The van der Waals surface area contributed by atoms with Crippen molar-refractivity contribution in [2.24, 2.45) is 17.6 Å². The van der Waals surface area contributed by atoms with E-state index in [1.165, 1.54) is 18.2 Å². The van der Waals surface area contributed by atoms with Crippen molar-refractivity contribution in [2.75, 3.05) is 5.75 Å². The molecule has 0 saturated carbocycles. The number of nitrogens with one attached hydrogen (secondary N) is 1. The molecule has 2 amide bonds. The second kappa shape index (κ2) is 8.23. The predicted molar refractivity (Wildman–Crippen MR) is 91.0 cm³/mol. The molecule has 1 heterocycles. The molecule has 24 heavy (non-hydrogen) atoms. The van der Waals surface area contributed by atoms with E-state index in [1.807, 2.05) is 13.8 Å². The predicted octanol–water partition coefficient (Wildman–Crippen LogP) is 1.14. The molecule has 0 spiro atoms. The van der Waals surface area contributed by atoms with E-state index in [0.717, 1.165) is 0 Å². The van der Waals surface area contributed by atoms with E-state index in [9.17, 15) is 18.0 Å². The average Bonchev–Trinajstić information content (AvgIpc) is 2.44. The van der Waals surface area contributed by atoms with Crippen LogP contribution in [0.1, 0.15) is 44.6 Å². The molecule has 1 aromatic rings. The summed E-state index contributed by atoms with van der Waals surface area (Å²) in [5, 5.41) is 2.36. The number of carbonyl (C=O) groups excluding carboxylic acids is 2. The van der Waals surface area contributed by atoms with Gasteiger partial charge in [-0.3, -0.25) is 9.59 Å². The van der Waals surface area contributed by atoms with Crippen LogP contribution in [0.2, 0.25) is 0 Å². The fourth-order valence-corrected chi connectivity index (χ4v) is 3.76. The van der Waals surface area contributed by atoms with E-state index in [-0.39, 0.29) is 28.3 Å². The standard InChI is InChI=1S/C16H25N3O4S/c1-10(2)8-13(15(17)20)19-16(21)12-6-5-7-14(18-12)24(22,23)9-11(3)4/h5-7,10-11,13H,8-9H2,1-4H3,(H2,17,20)(H,19,21). The molecule has 0 bridgehead atoms. The first-order chi connectivity index (χ1) is 11.0. The number of rotatable bonds is 8. The largest absolute Gasteiger partial charge is 0.368 e. The molecule has 0 saturated heterocycles. The summed E-state index contributed by atoms with van der Waals surface area (Å²) in [6.07, 6.45) is 0.395. The van der Waals surface area contributed by atoms with Crippen molar-refractivity contribution >= 4 is 21.7 Å². The van der Waals surface area contributed by atoms with Gasteiger partial charge in [-0.15, -0.1) is 0 Å². The lowest BCUT2D eigenvalue weighted by Gasteiger charge is -2.17. The van der Waals surface area contributed by atoms with E-state index in [1.54, 1.807) is 13.8 Å². The second-order valence-corrected chi connectivity index (χ2v) is 8.58. The number of nitrogens with zero attached hydrogens (tertiary/aromatic N) is 1. The zero-order valence-corrected chi connectivity index (χ0v) is 15.3. The Morgan fingerprint density at radius 3 is 2.29 bits per heavy atom. The molecule has 134 valence electrons. The van der Waals surface area contributed by atoms with Gasteiger partial charge >= 0.3 is 0 Å². The average molecular weight is 355 g/mol. The quantitative estimate of drug-likeness (QED) is 0.725. The number of amides is 2. The summed E-state index contributed by atoms with van der Waals surface area (Å²) in [4.78, 5) is 27.6. The van der Waals surface area contributed by atoms with Gasteiger partial charge in [-0.05, 0) is 30.4 Å². The van der Waals surface area contributed by atoms with Crippen LogP contribution in [0.25, 0.3) is 0 Å². The van der Waals surface area contributed by atoms with Crippen molar-refractivity contribution in [1.29, 1.82) is 0 Å². The van der Waals surface area contributed by atoms with Gasteiger partial charge in [0, 0.05) is 0 Å². The lowest BCUT2D eigenvalue weighted by Crippen LogP contribution is -2.45. The maximum Gasteiger partial charge on any atom is 0.270 e. The van der Waals surface area contributed by atoms with Crippen LogP contribution in [0.15, 0.2) is 23.2 Å². The number of pyridine rings is 1. The molecule has 1 rings (SSSR count). The van der Waals surface area contributed by atoms with Gasteiger partial charge in [0.25, 0.3) is 5.91 Å². The minimum atomic E-state index is -3.56. The zero-order chi connectivity index (χ0) is 18.5. The third-order valence-corrected chi connectivity index (χ3v) is 5.15. The molecule has 1 atom stereocenters. The first-order valence-electron chi connectivity index (χ1n) is 7.83. The highest BCUT2D eigenvalue weighted by molar-refractivity contribution is 7.91. The number of aromatic nitrogens is 1. The highest BCUT2D eigenvalue weighted by atomic mass is 32.2. The fourth-order valence-electron chi connectivity index (χ4n) is 2.19. The Morgan fingerprint density at radius 1 is 1.17 bits per heavy atom. The molecular formula is C16H25N3O4S. The number of primary amides is 1. The van der Waals surface area contributed by atoms with Crippen LogP contribution in [0, 0.1) is 11.8 Å². The Balaban J connectivity index is 3.00. The molecule has 3 N–H and O–H groups in total. The lowest BCUT2D eigenvalue weighted by atomic mass is 10.0. The molecule has 7 nitrogen and oxygen atoms in total. The molecular weight excluding hydrogens is 330 g/mol. The van der Waals surface area contributed by atoms with Crippen LogP contribution in [0.5, 0.6) is 0 Å². The first-order valence-corrected chi connectivity index (χ1v) is 9.48. The van der Waals surface area contributed by atoms with Crippen LogP contribution in [-0.2, 0) is 14.6 Å². The van der Waals surface area contributed by atoms with Gasteiger partial charge in [0.15, 0.2) is 14.9 Å². The zero-order valence-electron chi connectivity index (χ0n) is 14.4. The molecule has 8 heteroatoms. The number of carbonyl (C=O) groups is 2. The van der Waals surface area contributed by atoms with Gasteiger partial charge in [-0.1, -0.05) is 33.8 Å². The summed E-state index contributed by atoms with van der Waals surface area (Å²) in [7, 11) is -3.56. The third kappa shape index (κ3) is 5.92. The lowest BCUT2D eigenvalue weighted by molar-refractivity contribution is -0.120. The molecule has 0 aliphatic rings. The minimum Gasteiger partial charge on any atom is -0.368 e. The van der Waals surface area contributed by atoms with Crippen LogP contribution < -0.4 is 11.1 Å². The van der Waals surface area contributed by atoms with Crippen molar-refractivity contribution in [1.82, 2.24) is 10.3 Å². The minimum absolute atomic E-state index is 0.0532. The second-order valence-electron chi connectivity index (χ2n) is 6.59. The van der Waals surface area contributed by atoms with Gasteiger partial charge in [0.1, 0.15) is 11.7 Å². The van der Waals surface area contributed by atoms with E-state index in [0.29, 0.717) is 6.42 Å². The van der Waals surface area contributed by atoms with E-state index >= 15 is 0 Å². The normalized spacial score (nSPS) is 13.1. The number of nitrogens with two attached hydrogens (primary N) is 1. The fraction of sp³-hybridized carbons (Fsp3) is 0.562. The Kier molecular flexibility index (Phi) is 6.89. The smallest absolute Gasteiger partial charge is 0.270 e. The van der Waals surface area contributed by atoms with Crippen LogP contribution >= 0.6 is 0 Å². The molecule has 0 aromatic carbocycles. The Labute approximate surface area is 143 Å². The number of sulfone groups is 1.